The topological polar surface area (TPSA) is 84.7 Å². The van der Waals surface area contributed by atoms with Crippen LogP contribution in [0.5, 0.6) is 0 Å². The molecule has 0 bridgehead atoms. The summed E-state index contributed by atoms with van der Waals surface area (Å²) in [6.45, 7) is 2.05. The summed E-state index contributed by atoms with van der Waals surface area (Å²) in [4.78, 5) is 16.5. The number of fused-ring (bicyclic) bond motifs is 1. The van der Waals surface area contributed by atoms with Crippen LogP contribution in [0, 0.1) is 11.3 Å². The second-order valence-electron chi connectivity index (χ2n) is 6.38. The van der Waals surface area contributed by atoms with Crippen molar-refractivity contribution in [1.82, 2.24) is 9.55 Å². The Morgan fingerprint density at radius 2 is 1.83 bits per heavy atom. The summed E-state index contributed by atoms with van der Waals surface area (Å²) in [6, 6.07) is 20.6. The van der Waals surface area contributed by atoms with Crippen molar-refractivity contribution in [3.05, 3.63) is 98.6 Å². The molecular formula is C23H18Cl2N4O. The molecule has 0 fully saturated rings. The summed E-state index contributed by atoms with van der Waals surface area (Å²) in [7, 11) is 0. The van der Waals surface area contributed by atoms with Crippen molar-refractivity contribution >= 4 is 39.7 Å². The van der Waals surface area contributed by atoms with Crippen LogP contribution in [-0.4, -0.2) is 9.55 Å². The lowest BCUT2D eigenvalue weighted by atomic mass is 10.1. The number of pyridine rings is 2. The quantitative estimate of drug-likeness (QED) is 0.426. The summed E-state index contributed by atoms with van der Waals surface area (Å²) >= 11 is 11.7. The van der Waals surface area contributed by atoms with Gasteiger partial charge in [-0.1, -0.05) is 60.5 Å². The predicted molar refractivity (Wildman–Crippen MR) is 122 cm³/mol. The van der Waals surface area contributed by atoms with Gasteiger partial charge in [0.1, 0.15) is 11.2 Å². The molecular weight excluding hydrogens is 419 g/mol. The van der Waals surface area contributed by atoms with Gasteiger partial charge in [0.05, 0.1) is 21.7 Å². The summed E-state index contributed by atoms with van der Waals surface area (Å²) in [5.74, 6) is 0. The molecule has 2 heterocycles. The Hall–Kier alpha value is -3.33. The van der Waals surface area contributed by atoms with Crippen LogP contribution in [0.3, 0.4) is 0 Å². The van der Waals surface area contributed by atoms with Crippen LogP contribution in [0.4, 0.5) is 5.69 Å². The van der Waals surface area contributed by atoms with Crippen molar-refractivity contribution in [3.63, 3.8) is 0 Å². The van der Waals surface area contributed by atoms with Crippen LogP contribution in [-0.2, 0) is 6.42 Å². The molecule has 0 saturated heterocycles. The molecule has 0 aliphatic carbocycles. The van der Waals surface area contributed by atoms with Gasteiger partial charge in [-0.3, -0.25) is 9.36 Å². The van der Waals surface area contributed by atoms with E-state index in [-0.39, 0.29) is 5.56 Å². The highest BCUT2D eigenvalue weighted by atomic mass is 35.5. The number of anilines is 1. The minimum Gasteiger partial charge on any atom is -0.398 e. The Morgan fingerprint density at radius 1 is 1.10 bits per heavy atom. The first-order valence-electron chi connectivity index (χ1n) is 9.16. The number of nitrogens with two attached hydrogens (primary N) is 1. The molecule has 0 spiro atoms. The summed E-state index contributed by atoms with van der Waals surface area (Å²) in [6.07, 6.45) is 2.13. The van der Waals surface area contributed by atoms with Gasteiger partial charge in [0.15, 0.2) is 0 Å². The highest BCUT2D eigenvalue weighted by molar-refractivity contribution is 6.35. The molecule has 2 aromatic carbocycles. The number of hydrogen-bond acceptors (Lipinski definition) is 4. The number of rotatable bonds is 2. The molecule has 150 valence electrons. The van der Waals surface area contributed by atoms with Crippen molar-refractivity contribution in [3.8, 4) is 11.8 Å². The van der Waals surface area contributed by atoms with Gasteiger partial charge in [0, 0.05) is 17.6 Å². The van der Waals surface area contributed by atoms with Crippen LogP contribution in [0.1, 0.15) is 18.2 Å². The van der Waals surface area contributed by atoms with E-state index in [4.69, 9.17) is 34.2 Å². The fourth-order valence-corrected chi connectivity index (χ4v) is 3.46. The van der Waals surface area contributed by atoms with Crippen molar-refractivity contribution in [2.45, 2.75) is 13.3 Å². The Balaban J connectivity index is 0.000000216. The van der Waals surface area contributed by atoms with Crippen molar-refractivity contribution in [2.75, 3.05) is 5.73 Å². The smallest absolute Gasteiger partial charge is 0.264 e. The molecule has 0 atom stereocenters. The number of nitriles is 1. The maximum absolute atomic E-state index is 12.8. The maximum atomic E-state index is 12.8. The third-order valence-corrected chi connectivity index (χ3v) is 4.99. The minimum absolute atomic E-state index is 0.0591. The summed E-state index contributed by atoms with van der Waals surface area (Å²) in [5.41, 5.74) is 7.89. The molecule has 0 radical (unpaired) electrons. The molecule has 4 rings (SSSR count). The number of aromatic nitrogens is 2. The fraction of sp³-hybridized carbons (Fsp3) is 0.0870. The van der Waals surface area contributed by atoms with Gasteiger partial charge in [-0.05, 0) is 42.1 Å². The van der Waals surface area contributed by atoms with E-state index in [0.717, 1.165) is 23.2 Å². The van der Waals surface area contributed by atoms with Crippen LogP contribution in [0.2, 0.25) is 10.2 Å². The Labute approximate surface area is 183 Å². The van der Waals surface area contributed by atoms with Crippen LogP contribution in [0.15, 0.2) is 71.7 Å². The van der Waals surface area contributed by atoms with Gasteiger partial charge in [-0.15, -0.1) is 0 Å². The highest BCUT2D eigenvalue weighted by Crippen LogP contribution is 2.22. The number of nitrogens with zero attached hydrogens (tertiary/aromatic N) is 3. The third-order valence-electron chi connectivity index (χ3n) is 4.47. The lowest BCUT2D eigenvalue weighted by Gasteiger charge is -2.14. The van der Waals surface area contributed by atoms with Gasteiger partial charge in [-0.2, -0.15) is 5.26 Å². The van der Waals surface area contributed by atoms with Gasteiger partial charge in [0.2, 0.25) is 0 Å². The van der Waals surface area contributed by atoms with Gasteiger partial charge < -0.3 is 5.73 Å². The molecule has 5 nitrogen and oxygen atoms in total. The van der Waals surface area contributed by atoms with Crippen molar-refractivity contribution < 1.29 is 0 Å². The first-order valence-corrected chi connectivity index (χ1v) is 9.91. The lowest BCUT2D eigenvalue weighted by Crippen LogP contribution is -2.22. The van der Waals surface area contributed by atoms with E-state index in [1.165, 1.54) is 12.3 Å². The third kappa shape index (κ3) is 4.46. The zero-order valence-corrected chi connectivity index (χ0v) is 17.7. The van der Waals surface area contributed by atoms with Crippen LogP contribution < -0.4 is 11.3 Å². The molecule has 0 aliphatic rings. The molecule has 7 heteroatoms. The van der Waals surface area contributed by atoms with E-state index >= 15 is 0 Å². The first-order chi connectivity index (χ1) is 14.5. The standard InChI is InChI=1S/C17H14ClNO.C6H4ClN3/c1-2-13-11-12-7-6-10-15(18)16(12)17(20)19(13)14-8-4-3-5-9-14;7-6-1-5(9)4(2-8)3-10-6/h3-11H,2H2,1H3;1,3H,(H2,9,10). The lowest BCUT2D eigenvalue weighted by molar-refractivity contribution is 0.889. The molecule has 2 N–H and O–H groups in total. The minimum atomic E-state index is -0.0591. The predicted octanol–water partition coefficient (Wildman–Crippen LogP) is 5.40. The molecule has 0 aliphatic heterocycles. The van der Waals surface area contributed by atoms with Gasteiger partial charge >= 0.3 is 0 Å². The second-order valence-corrected chi connectivity index (χ2v) is 7.17. The van der Waals surface area contributed by atoms with Crippen molar-refractivity contribution in [1.29, 1.82) is 5.26 Å². The monoisotopic (exact) mass is 436 g/mol. The molecule has 2 aromatic heterocycles. The van der Waals surface area contributed by atoms with E-state index in [9.17, 15) is 4.79 Å². The fourth-order valence-electron chi connectivity index (χ4n) is 3.03. The van der Waals surface area contributed by atoms with E-state index in [1.54, 1.807) is 10.6 Å². The normalized spacial score (nSPS) is 10.2. The van der Waals surface area contributed by atoms with E-state index in [0.29, 0.717) is 26.8 Å². The highest BCUT2D eigenvalue weighted by Gasteiger charge is 2.11. The second kappa shape index (κ2) is 9.45. The summed E-state index contributed by atoms with van der Waals surface area (Å²) < 4.78 is 1.74. The Morgan fingerprint density at radius 3 is 2.47 bits per heavy atom. The average Bonchev–Trinajstić information content (AvgIpc) is 2.74. The average molecular weight is 437 g/mol. The number of aryl methyl sites for hydroxylation is 1. The number of halogens is 2. The summed E-state index contributed by atoms with van der Waals surface area (Å²) in [5, 5.41) is 10.7. The zero-order chi connectivity index (χ0) is 21.7. The van der Waals surface area contributed by atoms with E-state index in [1.807, 2.05) is 61.5 Å². The van der Waals surface area contributed by atoms with Crippen LogP contribution >= 0.6 is 23.2 Å². The Bertz CT molecular complexity index is 1290. The molecule has 30 heavy (non-hydrogen) atoms. The maximum Gasteiger partial charge on any atom is 0.264 e. The van der Waals surface area contributed by atoms with Gasteiger partial charge in [0.25, 0.3) is 5.56 Å². The molecule has 0 saturated carbocycles. The molecule has 0 amide bonds. The van der Waals surface area contributed by atoms with E-state index < -0.39 is 0 Å². The zero-order valence-electron chi connectivity index (χ0n) is 16.1. The van der Waals surface area contributed by atoms with E-state index in [2.05, 4.69) is 4.98 Å². The number of benzene rings is 2. The number of hydrogen-bond donors (Lipinski definition) is 1. The number of para-hydroxylation sites is 1. The number of nitrogen functional groups attached to an aromatic ring is 1. The first kappa shape index (κ1) is 21.4. The largest absolute Gasteiger partial charge is 0.398 e. The SMILES string of the molecule is CCc1cc2cccc(Cl)c2c(=O)n1-c1ccccc1.N#Cc1cnc(Cl)cc1N. The Kier molecular flexibility index (Phi) is 6.73. The van der Waals surface area contributed by atoms with Crippen LogP contribution in [0.25, 0.3) is 16.5 Å². The van der Waals surface area contributed by atoms with Crippen molar-refractivity contribution in [2.24, 2.45) is 0 Å². The van der Waals surface area contributed by atoms with Gasteiger partial charge in [-0.25, -0.2) is 4.98 Å². The molecule has 4 aromatic rings. The molecule has 0 unspecified atom stereocenters.